The fourth-order valence-electron chi connectivity index (χ4n) is 2.04. The van der Waals surface area contributed by atoms with Crippen molar-refractivity contribution < 1.29 is 23.8 Å². The molecule has 1 rings (SSSR count). The van der Waals surface area contributed by atoms with E-state index in [9.17, 15) is 14.0 Å². The first-order chi connectivity index (χ1) is 9.85. The van der Waals surface area contributed by atoms with Gasteiger partial charge in [-0.25, -0.2) is 4.39 Å². The summed E-state index contributed by atoms with van der Waals surface area (Å²) < 4.78 is 18.4. The van der Waals surface area contributed by atoms with Gasteiger partial charge >= 0.3 is 5.97 Å². The van der Waals surface area contributed by atoms with Crippen LogP contribution < -0.4 is 4.74 Å². The van der Waals surface area contributed by atoms with Crippen LogP contribution in [0.3, 0.4) is 0 Å². The molecule has 6 heteroatoms. The highest BCUT2D eigenvalue weighted by molar-refractivity contribution is 5.80. The smallest absolute Gasteiger partial charge is 0.305 e. The van der Waals surface area contributed by atoms with E-state index in [0.717, 1.165) is 0 Å². The van der Waals surface area contributed by atoms with Crippen molar-refractivity contribution in [3.63, 3.8) is 0 Å². The molecule has 0 aliphatic rings. The third-order valence-corrected chi connectivity index (χ3v) is 3.09. The first kappa shape index (κ1) is 16.9. The fourth-order valence-corrected chi connectivity index (χ4v) is 2.04. The summed E-state index contributed by atoms with van der Waals surface area (Å²) in [6.07, 6.45) is -0.150. The molecule has 1 amide bonds. The predicted molar refractivity (Wildman–Crippen MR) is 75.8 cm³/mol. The lowest BCUT2D eigenvalue weighted by molar-refractivity contribution is -0.139. The number of rotatable bonds is 7. The van der Waals surface area contributed by atoms with Gasteiger partial charge in [0.15, 0.2) is 0 Å². The van der Waals surface area contributed by atoms with Crippen LogP contribution in [0.4, 0.5) is 4.39 Å². The predicted octanol–water partition coefficient (Wildman–Crippen LogP) is 2.09. The van der Waals surface area contributed by atoms with Gasteiger partial charge in [-0.15, -0.1) is 0 Å². The molecule has 5 nitrogen and oxygen atoms in total. The minimum atomic E-state index is -0.961. The highest BCUT2D eigenvalue weighted by Crippen LogP contribution is 2.21. The Kier molecular flexibility index (Phi) is 6.14. The van der Waals surface area contributed by atoms with Crippen LogP contribution in [0.2, 0.25) is 0 Å². The maximum absolute atomic E-state index is 13.3. The normalized spacial score (nSPS) is 10.5. The number of hydrogen-bond donors (Lipinski definition) is 1. The van der Waals surface area contributed by atoms with Gasteiger partial charge in [-0.2, -0.15) is 0 Å². The second-order valence-electron chi connectivity index (χ2n) is 4.96. The molecule has 0 atom stereocenters. The molecule has 1 aromatic carbocycles. The van der Waals surface area contributed by atoms with Crippen molar-refractivity contribution >= 4 is 11.9 Å². The van der Waals surface area contributed by atoms with E-state index in [4.69, 9.17) is 9.84 Å². The van der Waals surface area contributed by atoms with Gasteiger partial charge in [0.2, 0.25) is 5.91 Å². The van der Waals surface area contributed by atoms with Gasteiger partial charge in [0.25, 0.3) is 0 Å². The summed E-state index contributed by atoms with van der Waals surface area (Å²) in [6, 6.07) is 3.86. The van der Waals surface area contributed by atoms with E-state index >= 15 is 0 Å². The minimum absolute atomic E-state index is 0.0290. The first-order valence-corrected chi connectivity index (χ1v) is 6.68. The quantitative estimate of drug-likeness (QED) is 0.837. The molecule has 0 saturated carbocycles. The largest absolute Gasteiger partial charge is 0.496 e. The molecule has 0 aliphatic heterocycles. The molecule has 0 unspecified atom stereocenters. The van der Waals surface area contributed by atoms with Crippen molar-refractivity contribution in [2.45, 2.75) is 32.7 Å². The topological polar surface area (TPSA) is 66.8 Å². The van der Waals surface area contributed by atoms with Crippen molar-refractivity contribution in [1.29, 1.82) is 0 Å². The van der Waals surface area contributed by atoms with Crippen LogP contribution in [0.25, 0.3) is 0 Å². The van der Waals surface area contributed by atoms with Crippen LogP contribution >= 0.6 is 0 Å². The highest BCUT2D eigenvalue weighted by Gasteiger charge is 2.20. The summed E-state index contributed by atoms with van der Waals surface area (Å²) in [5.74, 6) is -1.22. The number of carboxylic acids is 1. The van der Waals surface area contributed by atoms with Crippen molar-refractivity contribution in [1.82, 2.24) is 4.90 Å². The number of amides is 1. The van der Waals surface area contributed by atoms with Gasteiger partial charge < -0.3 is 14.7 Å². The molecule has 1 N–H and O–H groups in total. The molecular weight excluding hydrogens is 277 g/mol. The van der Waals surface area contributed by atoms with Gasteiger partial charge in [0.05, 0.1) is 20.0 Å². The van der Waals surface area contributed by atoms with Crippen molar-refractivity contribution in [3.8, 4) is 5.75 Å². The van der Waals surface area contributed by atoms with E-state index in [1.54, 1.807) is 0 Å². The van der Waals surface area contributed by atoms with Crippen LogP contribution in [0.5, 0.6) is 5.75 Å². The maximum atomic E-state index is 13.3. The molecule has 1 aromatic rings. The van der Waals surface area contributed by atoms with E-state index in [1.165, 1.54) is 30.2 Å². The molecule has 0 radical (unpaired) electrons. The average molecular weight is 297 g/mol. The molecular formula is C15H20FNO4. The van der Waals surface area contributed by atoms with Gasteiger partial charge in [-0.1, -0.05) is 0 Å². The van der Waals surface area contributed by atoms with Crippen molar-refractivity contribution in [3.05, 3.63) is 29.6 Å². The molecule has 0 heterocycles. The summed E-state index contributed by atoms with van der Waals surface area (Å²) in [5, 5.41) is 8.73. The molecule has 0 fully saturated rings. The van der Waals surface area contributed by atoms with Gasteiger partial charge in [-0.05, 0) is 32.0 Å². The third-order valence-electron chi connectivity index (χ3n) is 3.09. The fraction of sp³-hybridized carbons (Fsp3) is 0.467. The zero-order valence-electron chi connectivity index (χ0n) is 12.4. The Hall–Kier alpha value is -2.11. The zero-order chi connectivity index (χ0) is 16.0. The number of nitrogens with zero attached hydrogens (tertiary/aromatic N) is 1. The number of carbonyl (C=O) groups is 2. The Morgan fingerprint density at radius 2 is 2.05 bits per heavy atom. The zero-order valence-corrected chi connectivity index (χ0v) is 12.4. The number of halogens is 1. The lowest BCUT2D eigenvalue weighted by atomic mass is 10.1. The second kappa shape index (κ2) is 7.61. The summed E-state index contributed by atoms with van der Waals surface area (Å²) in [5.41, 5.74) is 0.448. The number of ether oxygens (including phenoxy) is 1. The Balaban J connectivity index is 2.86. The summed E-state index contributed by atoms with van der Waals surface area (Å²) in [6.45, 7) is 3.74. The molecule has 21 heavy (non-hydrogen) atoms. The average Bonchev–Trinajstić information content (AvgIpc) is 2.38. The number of benzene rings is 1. The molecule has 0 saturated heterocycles. The number of aliphatic carboxylic acids is 1. The molecule has 0 aliphatic carbocycles. The van der Waals surface area contributed by atoms with Gasteiger partial charge in [0.1, 0.15) is 11.6 Å². The summed E-state index contributed by atoms with van der Waals surface area (Å²) in [7, 11) is 1.45. The Morgan fingerprint density at radius 3 is 2.57 bits per heavy atom. The monoisotopic (exact) mass is 297 g/mol. The lowest BCUT2D eigenvalue weighted by Crippen LogP contribution is -2.39. The Morgan fingerprint density at radius 1 is 1.38 bits per heavy atom. The van der Waals surface area contributed by atoms with E-state index < -0.39 is 11.8 Å². The van der Waals surface area contributed by atoms with Gasteiger partial charge in [-0.3, -0.25) is 9.59 Å². The van der Waals surface area contributed by atoms with Crippen molar-refractivity contribution in [2.75, 3.05) is 13.7 Å². The summed E-state index contributed by atoms with van der Waals surface area (Å²) >= 11 is 0. The number of hydrogen-bond acceptors (Lipinski definition) is 3. The standard InChI is InChI=1S/C15H20FNO4/c1-10(2)17(7-6-15(19)20)14(18)9-11-8-12(16)4-5-13(11)21-3/h4-5,8,10H,6-7,9H2,1-3H3,(H,19,20). The first-order valence-electron chi connectivity index (χ1n) is 6.68. The molecule has 0 aromatic heterocycles. The third kappa shape index (κ3) is 5.06. The SMILES string of the molecule is COc1ccc(F)cc1CC(=O)N(CCC(=O)O)C(C)C. The van der Waals surface area contributed by atoms with Crippen LogP contribution in [-0.4, -0.2) is 41.6 Å². The molecule has 0 bridgehead atoms. The highest BCUT2D eigenvalue weighted by atomic mass is 19.1. The van der Waals surface area contributed by atoms with E-state index in [-0.39, 0.29) is 31.3 Å². The van der Waals surface area contributed by atoms with E-state index in [2.05, 4.69) is 0 Å². The summed E-state index contributed by atoms with van der Waals surface area (Å²) in [4.78, 5) is 24.4. The minimum Gasteiger partial charge on any atom is -0.496 e. The number of carbonyl (C=O) groups excluding carboxylic acids is 1. The van der Waals surface area contributed by atoms with Crippen molar-refractivity contribution in [2.24, 2.45) is 0 Å². The van der Waals surface area contributed by atoms with Crippen LogP contribution in [-0.2, 0) is 16.0 Å². The Labute approximate surface area is 123 Å². The molecule has 116 valence electrons. The van der Waals surface area contributed by atoms with Gasteiger partial charge in [0, 0.05) is 18.2 Å². The molecule has 0 spiro atoms. The number of carboxylic acid groups (broad SMARTS) is 1. The maximum Gasteiger partial charge on any atom is 0.305 e. The number of methoxy groups -OCH3 is 1. The lowest BCUT2D eigenvalue weighted by Gasteiger charge is -2.26. The van der Waals surface area contributed by atoms with E-state index in [0.29, 0.717) is 11.3 Å². The Bertz CT molecular complexity index is 516. The van der Waals surface area contributed by atoms with E-state index in [1.807, 2.05) is 13.8 Å². The second-order valence-corrected chi connectivity index (χ2v) is 4.96. The van der Waals surface area contributed by atoms with Crippen LogP contribution in [0.1, 0.15) is 25.8 Å². The van der Waals surface area contributed by atoms with Crippen LogP contribution in [0, 0.1) is 5.82 Å². The van der Waals surface area contributed by atoms with Crippen LogP contribution in [0.15, 0.2) is 18.2 Å².